The van der Waals surface area contributed by atoms with Crippen LogP contribution in [-0.4, -0.2) is 52.4 Å². The van der Waals surface area contributed by atoms with Gasteiger partial charge in [0, 0.05) is 25.7 Å². The Bertz CT molecular complexity index is 554. The molecule has 1 aliphatic heterocycles. The van der Waals surface area contributed by atoms with Crippen molar-refractivity contribution in [2.24, 2.45) is 0 Å². The fraction of sp³-hybridized carbons (Fsp3) is 0.647. The number of nitrogens with one attached hydrogen (secondary N) is 1. The number of ether oxygens (including phenoxy) is 1. The maximum absolute atomic E-state index is 12.0. The monoisotopic (exact) mass is 355 g/mol. The van der Waals surface area contributed by atoms with Crippen molar-refractivity contribution < 1.29 is 14.6 Å². The summed E-state index contributed by atoms with van der Waals surface area (Å²) in [5, 5.41) is 13.9. The zero-order valence-electron chi connectivity index (χ0n) is 14.5. The molecule has 1 amide bonds. The summed E-state index contributed by atoms with van der Waals surface area (Å²) in [7, 11) is 0. The van der Waals surface area contributed by atoms with Gasteiger partial charge in [0.15, 0.2) is 0 Å². The third-order valence-electron chi connectivity index (χ3n) is 3.82. The van der Waals surface area contributed by atoms with Gasteiger partial charge >= 0.3 is 6.09 Å². The van der Waals surface area contributed by atoms with Crippen molar-refractivity contribution in [3.63, 3.8) is 0 Å². The summed E-state index contributed by atoms with van der Waals surface area (Å²) in [5.74, 6) is 0. The largest absolute Gasteiger partial charge is 0.444 e. The lowest BCUT2D eigenvalue weighted by Crippen LogP contribution is -2.47. The number of pyridine rings is 1. The van der Waals surface area contributed by atoms with E-state index in [9.17, 15) is 9.90 Å². The van der Waals surface area contributed by atoms with Crippen LogP contribution in [0.25, 0.3) is 0 Å². The molecule has 24 heavy (non-hydrogen) atoms. The number of rotatable bonds is 4. The first-order valence-corrected chi connectivity index (χ1v) is 8.64. The van der Waals surface area contributed by atoms with E-state index in [1.807, 2.05) is 20.8 Å². The Morgan fingerprint density at radius 1 is 1.46 bits per heavy atom. The van der Waals surface area contributed by atoms with Crippen LogP contribution in [0.15, 0.2) is 18.2 Å². The molecule has 134 valence electrons. The van der Waals surface area contributed by atoms with Crippen molar-refractivity contribution in [2.75, 3.05) is 19.6 Å². The summed E-state index contributed by atoms with van der Waals surface area (Å²) in [6.45, 7) is 7.31. The Kier molecular flexibility index (Phi) is 6.43. The predicted molar refractivity (Wildman–Crippen MR) is 93.0 cm³/mol. The lowest BCUT2D eigenvalue weighted by molar-refractivity contribution is 0.0194. The highest BCUT2D eigenvalue weighted by Crippen LogP contribution is 2.17. The summed E-state index contributed by atoms with van der Waals surface area (Å²) in [4.78, 5) is 17.9. The van der Waals surface area contributed by atoms with Crippen LogP contribution in [0.5, 0.6) is 0 Å². The number of aliphatic hydroxyl groups excluding tert-OH is 1. The van der Waals surface area contributed by atoms with Crippen LogP contribution in [0.2, 0.25) is 5.15 Å². The molecule has 0 aromatic carbocycles. The first-order valence-electron chi connectivity index (χ1n) is 8.26. The van der Waals surface area contributed by atoms with E-state index in [0.717, 1.165) is 12.8 Å². The van der Waals surface area contributed by atoms with E-state index in [1.54, 1.807) is 23.1 Å². The second kappa shape index (κ2) is 8.14. The van der Waals surface area contributed by atoms with E-state index in [-0.39, 0.29) is 12.1 Å². The molecule has 7 heteroatoms. The van der Waals surface area contributed by atoms with Crippen LogP contribution < -0.4 is 5.32 Å². The van der Waals surface area contributed by atoms with Gasteiger partial charge in [-0.1, -0.05) is 17.7 Å². The van der Waals surface area contributed by atoms with Crippen LogP contribution in [0, 0.1) is 0 Å². The summed E-state index contributed by atoms with van der Waals surface area (Å²) < 4.78 is 5.39. The fourth-order valence-corrected chi connectivity index (χ4v) is 2.76. The van der Waals surface area contributed by atoms with E-state index in [0.29, 0.717) is 30.5 Å². The molecule has 1 atom stereocenters. The van der Waals surface area contributed by atoms with Crippen LogP contribution in [0.3, 0.4) is 0 Å². The number of nitrogens with zero attached hydrogens (tertiary/aromatic N) is 2. The number of amides is 1. The standard InChI is InChI=1S/C17H26ClN3O3/c1-17(2,3)24-16(23)21-9-7-12(8-10-21)19-11-14(22)13-5-4-6-15(18)20-13/h4-6,12,14,19,22H,7-11H2,1-3H3. The van der Waals surface area contributed by atoms with Crippen molar-refractivity contribution in [2.45, 2.75) is 51.4 Å². The molecule has 2 N–H and O–H groups in total. The predicted octanol–water partition coefficient (Wildman–Crippen LogP) is 2.76. The Labute approximate surface area is 148 Å². The smallest absolute Gasteiger partial charge is 0.410 e. The number of halogens is 1. The van der Waals surface area contributed by atoms with Crippen molar-refractivity contribution in [1.82, 2.24) is 15.2 Å². The molecule has 0 aliphatic carbocycles. The Morgan fingerprint density at radius 3 is 2.71 bits per heavy atom. The molecule has 6 nitrogen and oxygen atoms in total. The zero-order valence-corrected chi connectivity index (χ0v) is 15.2. The molecule has 1 fully saturated rings. The average molecular weight is 356 g/mol. The molecule has 1 aromatic rings. The second-order valence-electron chi connectivity index (χ2n) is 7.05. The second-order valence-corrected chi connectivity index (χ2v) is 7.44. The van der Waals surface area contributed by atoms with Crippen LogP contribution in [0.1, 0.15) is 45.4 Å². The molecule has 0 bridgehead atoms. The maximum Gasteiger partial charge on any atom is 0.410 e. The lowest BCUT2D eigenvalue weighted by atomic mass is 10.0. The molecule has 0 saturated carbocycles. The minimum absolute atomic E-state index is 0.260. The van der Waals surface area contributed by atoms with Gasteiger partial charge in [0.05, 0.1) is 5.69 Å². The number of carbonyl (C=O) groups is 1. The first kappa shape index (κ1) is 19.0. The minimum Gasteiger partial charge on any atom is -0.444 e. The van der Waals surface area contributed by atoms with Crippen molar-refractivity contribution >= 4 is 17.7 Å². The van der Waals surface area contributed by atoms with Gasteiger partial charge in [-0.2, -0.15) is 0 Å². The van der Waals surface area contributed by atoms with Crippen molar-refractivity contribution in [3.8, 4) is 0 Å². The number of piperidine rings is 1. The third-order valence-corrected chi connectivity index (χ3v) is 4.04. The van der Waals surface area contributed by atoms with Gasteiger partial charge in [-0.15, -0.1) is 0 Å². The van der Waals surface area contributed by atoms with Crippen LogP contribution >= 0.6 is 11.6 Å². The zero-order chi connectivity index (χ0) is 17.7. The van der Waals surface area contributed by atoms with Gasteiger partial charge in [-0.3, -0.25) is 0 Å². The number of hydrogen-bond acceptors (Lipinski definition) is 5. The summed E-state index contributed by atoms with van der Waals surface area (Å²) in [6, 6.07) is 5.46. The number of likely N-dealkylation sites (tertiary alicyclic amines) is 1. The van der Waals surface area contributed by atoms with Gasteiger partial charge in [0.2, 0.25) is 0 Å². The molecule has 0 spiro atoms. The van der Waals surface area contributed by atoms with Gasteiger partial charge in [0.25, 0.3) is 0 Å². The Morgan fingerprint density at radius 2 is 2.12 bits per heavy atom. The van der Waals surface area contributed by atoms with Gasteiger partial charge in [-0.25, -0.2) is 9.78 Å². The molecule has 2 rings (SSSR count). The van der Waals surface area contributed by atoms with E-state index in [4.69, 9.17) is 16.3 Å². The number of hydrogen-bond donors (Lipinski definition) is 2. The first-order chi connectivity index (χ1) is 11.2. The van der Waals surface area contributed by atoms with E-state index < -0.39 is 11.7 Å². The van der Waals surface area contributed by atoms with E-state index >= 15 is 0 Å². The normalized spacial score (nSPS) is 17.6. The number of aromatic nitrogens is 1. The molecule has 1 aromatic heterocycles. The van der Waals surface area contributed by atoms with Crippen molar-refractivity contribution in [3.05, 3.63) is 29.0 Å². The highest BCUT2D eigenvalue weighted by Gasteiger charge is 2.27. The highest BCUT2D eigenvalue weighted by molar-refractivity contribution is 6.29. The highest BCUT2D eigenvalue weighted by atomic mass is 35.5. The van der Waals surface area contributed by atoms with Crippen LogP contribution in [-0.2, 0) is 4.74 Å². The van der Waals surface area contributed by atoms with Gasteiger partial charge in [-0.05, 0) is 45.7 Å². The van der Waals surface area contributed by atoms with Gasteiger partial charge < -0.3 is 20.1 Å². The summed E-state index contributed by atoms with van der Waals surface area (Å²) >= 11 is 5.84. The molecule has 1 unspecified atom stereocenters. The topological polar surface area (TPSA) is 74.7 Å². The Balaban J connectivity index is 1.74. The third kappa shape index (κ3) is 5.92. The van der Waals surface area contributed by atoms with Crippen molar-refractivity contribution in [1.29, 1.82) is 0 Å². The Hall–Kier alpha value is -1.37. The summed E-state index contributed by atoms with van der Waals surface area (Å²) in [6.07, 6.45) is 0.695. The molecular weight excluding hydrogens is 330 g/mol. The molecule has 0 radical (unpaired) electrons. The molecule has 2 heterocycles. The fourth-order valence-electron chi connectivity index (χ4n) is 2.59. The van der Waals surface area contributed by atoms with E-state index in [2.05, 4.69) is 10.3 Å². The SMILES string of the molecule is CC(C)(C)OC(=O)N1CCC(NCC(O)c2cccc(Cl)n2)CC1. The van der Waals surface area contributed by atoms with Gasteiger partial charge in [0.1, 0.15) is 16.9 Å². The molecule has 1 saturated heterocycles. The number of aliphatic hydroxyl groups is 1. The maximum atomic E-state index is 12.0. The quantitative estimate of drug-likeness (QED) is 0.812. The molecule has 1 aliphatic rings. The number of carbonyl (C=O) groups excluding carboxylic acids is 1. The molecular formula is C17H26ClN3O3. The average Bonchev–Trinajstić information content (AvgIpc) is 2.51. The minimum atomic E-state index is -0.701. The summed E-state index contributed by atoms with van der Waals surface area (Å²) in [5.41, 5.74) is 0.0847. The van der Waals surface area contributed by atoms with Crippen LogP contribution in [0.4, 0.5) is 4.79 Å². The lowest BCUT2D eigenvalue weighted by Gasteiger charge is -2.34. The van der Waals surface area contributed by atoms with E-state index in [1.165, 1.54) is 0 Å².